The summed E-state index contributed by atoms with van der Waals surface area (Å²) >= 11 is 11.9. The largest absolute Gasteiger partial charge is 0.462 e. The van der Waals surface area contributed by atoms with Crippen molar-refractivity contribution in [1.29, 1.82) is 0 Å². The van der Waals surface area contributed by atoms with Gasteiger partial charge in [0.15, 0.2) is 0 Å². The molecular formula is C15H13Cl2NO4S. The molecule has 0 aliphatic heterocycles. The Morgan fingerprint density at radius 2 is 1.70 bits per heavy atom. The first-order valence-corrected chi connectivity index (χ1v) is 8.83. The van der Waals surface area contributed by atoms with E-state index in [0.29, 0.717) is 0 Å². The highest BCUT2D eigenvalue weighted by atomic mass is 35.5. The van der Waals surface area contributed by atoms with E-state index in [1.807, 2.05) is 0 Å². The van der Waals surface area contributed by atoms with Gasteiger partial charge in [-0.3, -0.25) is 4.72 Å². The summed E-state index contributed by atoms with van der Waals surface area (Å²) < 4.78 is 32.3. The van der Waals surface area contributed by atoms with E-state index in [1.165, 1.54) is 30.3 Å². The Morgan fingerprint density at radius 1 is 1.09 bits per heavy atom. The second-order valence-electron chi connectivity index (χ2n) is 4.42. The van der Waals surface area contributed by atoms with E-state index >= 15 is 0 Å². The van der Waals surface area contributed by atoms with E-state index in [9.17, 15) is 13.2 Å². The van der Waals surface area contributed by atoms with Crippen LogP contribution in [0.1, 0.15) is 17.3 Å². The third kappa shape index (κ3) is 3.96. The van der Waals surface area contributed by atoms with Crippen LogP contribution in [0.5, 0.6) is 0 Å². The van der Waals surface area contributed by atoms with E-state index in [1.54, 1.807) is 19.1 Å². The highest BCUT2D eigenvalue weighted by molar-refractivity contribution is 7.93. The van der Waals surface area contributed by atoms with Crippen LogP contribution in [-0.2, 0) is 14.8 Å². The number of hydrogen-bond acceptors (Lipinski definition) is 4. The number of esters is 1. The topological polar surface area (TPSA) is 72.5 Å². The zero-order valence-electron chi connectivity index (χ0n) is 12.0. The molecule has 0 fully saturated rings. The normalized spacial score (nSPS) is 11.1. The Morgan fingerprint density at radius 3 is 2.30 bits per heavy atom. The summed E-state index contributed by atoms with van der Waals surface area (Å²) in [5.41, 5.74) is 0.183. The minimum atomic E-state index is -4.07. The van der Waals surface area contributed by atoms with Crippen molar-refractivity contribution in [3.05, 3.63) is 58.1 Å². The Kier molecular flexibility index (Phi) is 5.51. The number of rotatable bonds is 5. The minimum absolute atomic E-state index is 0.0152. The predicted octanol–water partition coefficient (Wildman–Crippen LogP) is 3.97. The fourth-order valence-corrected chi connectivity index (χ4v) is 4.12. The zero-order chi connectivity index (χ0) is 17.0. The Balaban J connectivity index is 2.45. The molecular weight excluding hydrogens is 361 g/mol. The number of sulfonamides is 1. The summed E-state index contributed by atoms with van der Waals surface area (Å²) in [6, 6.07) is 10.5. The maximum absolute atomic E-state index is 12.5. The van der Waals surface area contributed by atoms with Crippen LogP contribution in [-0.4, -0.2) is 21.0 Å². The second kappa shape index (κ2) is 7.21. The lowest BCUT2D eigenvalue weighted by molar-refractivity contribution is 0.0527. The van der Waals surface area contributed by atoms with E-state index in [4.69, 9.17) is 27.9 Å². The van der Waals surface area contributed by atoms with Crippen LogP contribution < -0.4 is 4.72 Å². The fraction of sp³-hybridized carbons (Fsp3) is 0.133. The molecule has 0 radical (unpaired) electrons. The van der Waals surface area contributed by atoms with Gasteiger partial charge in [-0.2, -0.15) is 0 Å². The van der Waals surface area contributed by atoms with E-state index in [2.05, 4.69) is 4.72 Å². The number of ether oxygens (including phenoxy) is 1. The molecule has 0 saturated carbocycles. The van der Waals surface area contributed by atoms with Gasteiger partial charge in [0.2, 0.25) is 0 Å². The zero-order valence-corrected chi connectivity index (χ0v) is 14.4. The summed E-state index contributed by atoms with van der Waals surface area (Å²) in [4.78, 5) is 11.7. The maximum atomic E-state index is 12.5. The van der Waals surface area contributed by atoms with Crippen molar-refractivity contribution < 1.29 is 17.9 Å². The summed E-state index contributed by atoms with van der Waals surface area (Å²) in [7, 11) is -4.07. The first-order valence-electron chi connectivity index (χ1n) is 6.59. The van der Waals surface area contributed by atoms with Gasteiger partial charge in [-0.1, -0.05) is 41.4 Å². The minimum Gasteiger partial charge on any atom is -0.462 e. The summed E-state index contributed by atoms with van der Waals surface area (Å²) in [5, 5.41) is -0.0303. The molecule has 2 aromatic carbocycles. The number of halogens is 2. The molecule has 0 aliphatic rings. The number of anilines is 1. The van der Waals surface area contributed by atoms with Crippen LogP contribution in [0.3, 0.4) is 0 Å². The van der Waals surface area contributed by atoms with Crippen molar-refractivity contribution in [3.63, 3.8) is 0 Å². The Bertz CT molecular complexity index is 817. The molecule has 0 amide bonds. The molecule has 2 aromatic rings. The van der Waals surface area contributed by atoms with Crippen molar-refractivity contribution >= 4 is 44.9 Å². The summed E-state index contributed by atoms with van der Waals surface area (Å²) in [5.74, 6) is -0.629. The van der Waals surface area contributed by atoms with Crippen LogP contribution in [0.15, 0.2) is 47.4 Å². The molecule has 23 heavy (non-hydrogen) atoms. The highest BCUT2D eigenvalue weighted by Crippen LogP contribution is 2.31. The monoisotopic (exact) mass is 373 g/mol. The third-order valence-corrected chi connectivity index (χ3v) is 5.17. The Hall–Kier alpha value is -1.76. The first kappa shape index (κ1) is 17.6. The van der Waals surface area contributed by atoms with Crippen molar-refractivity contribution in [2.75, 3.05) is 11.3 Å². The average molecular weight is 374 g/mol. The number of nitrogens with one attached hydrogen (secondary N) is 1. The number of carbonyl (C=O) groups excluding carboxylic acids is 1. The number of benzene rings is 2. The van der Waals surface area contributed by atoms with Crippen molar-refractivity contribution in [2.24, 2.45) is 0 Å². The van der Waals surface area contributed by atoms with Gasteiger partial charge in [-0.05, 0) is 31.2 Å². The highest BCUT2D eigenvalue weighted by Gasteiger charge is 2.24. The molecule has 0 bridgehead atoms. The van der Waals surface area contributed by atoms with Crippen LogP contribution in [0.25, 0.3) is 0 Å². The smallest absolute Gasteiger partial charge is 0.340 e. The number of carbonyl (C=O) groups is 1. The van der Waals surface area contributed by atoms with Crippen LogP contribution in [0.2, 0.25) is 10.0 Å². The SMILES string of the molecule is CCOC(=O)c1ccccc1NS(=O)(=O)c1c(Cl)cccc1Cl. The van der Waals surface area contributed by atoms with Gasteiger partial charge >= 0.3 is 5.97 Å². The fourth-order valence-electron chi connectivity index (χ4n) is 1.89. The standard InChI is InChI=1S/C15H13Cl2NO4S/c1-2-22-15(19)10-6-3-4-9-13(10)18-23(20,21)14-11(16)7-5-8-12(14)17/h3-9,18H,2H2,1H3. The molecule has 2 rings (SSSR count). The lowest BCUT2D eigenvalue weighted by Gasteiger charge is -2.13. The molecule has 0 saturated heterocycles. The van der Waals surface area contributed by atoms with E-state index in [0.717, 1.165) is 0 Å². The molecule has 122 valence electrons. The molecule has 0 unspecified atom stereocenters. The maximum Gasteiger partial charge on any atom is 0.340 e. The first-order chi connectivity index (χ1) is 10.9. The van der Waals surface area contributed by atoms with Gasteiger partial charge in [0.25, 0.3) is 10.0 Å². The van der Waals surface area contributed by atoms with Crippen molar-refractivity contribution in [2.45, 2.75) is 11.8 Å². The van der Waals surface area contributed by atoms with Crippen LogP contribution in [0, 0.1) is 0 Å². The molecule has 0 spiro atoms. The van der Waals surface area contributed by atoms with Crippen LogP contribution in [0.4, 0.5) is 5.69 Å². The quantitative estimate of drug-likeness (QED) is 0.804. The van der Waals surface area contributed by atoms with Gasteiger partial charge in [0.1, 0.15) is 4.90 Å². The van der Waals surface area contributed by atoms with Crippen molar-refractivity contribution in [3.8, 4) is 0 Å². The molecule has 0 atom stereocenters. The molecule has 0 aliphatic carbocycles. The number of hydrogen-bond donors (Lipinski definition) is 1. The lowest BCUT2D eigenvalue weighted by atomic mass is 10.2. The van der Waals surface area contributed by atoms with Gasteiger partial charge in [0.05, 0.1) is 27.9 Å². The average Bonchev–Trinajstić information content (AvgIpc) is 2.47. The molecule has 1 N–H and O–H groups in total. The van der Waals surface area contributed by atoms with Crippen molar-refractivity contribution in [1.82, 2.24) is 0 Å². The summed E-state index contributed by atoms with van der Waals surface area (Å²) in [6.07, 6.45) is 0. The van der Waals surface area contributed by atoms with Gasteiger partial charge in [-0.25, -0.2) is 13.2 Å². The van der Waals surface area contributed by atoms with Crippen LogP contribution >= 0.6 is 23.2 Å². The van der Waals surface area contributed by atoms with E-state index in [-0.39, 0.29) is 32.8 Å². The Labute approximate surface area is 144 Å². The predicted molar refractivity (Wildman–Crippen MR) is 89.7 cm³/mol. The molecule has 0 heterocycles. The van der Waals surface area contributed by atoms with Gasteiger partial charge in [0, 0.05) is 0 Å². The molecule has 5 nitrogen and oxygen atoms in total. The van der Waals surface area contributed by atoms with Gasteiger partial charge in [-0.15, -0.1) is 0 Å². The van der Waals surface area contributed by atoms with Gasteiger partial charge < -0.3 is 4.74 Å². The molecule has 0 aromatic heterocycles. The molecule has 8 heteroatoms. The number of para-hydroxylation sites is 1. The lowest BCUT2D eigenvalue weighted by Crippen LogP contribution is -2.17. The van der Waals surface area contributed by atoms with E-state index < -0.39 is 16.0 Å². The third-order valence-electron chi connectivity index (χ3n) is 2.85. The second-order valence-corrected chi connectivity index (χ2v) is 6.86. The summed E-state index contributed by atoms with van der Waals surface area (Å²) in [6.45, 7) is 1.84.